The van der Waals surface area contributed by atoms with E-state index in [2.05, 4.69) is 13.8 Å². The number of hydrogen-bond donors (Lipinski definition) is 2. The summed E-state index contributed by atoms with van der Waals surface area (Å²) in [4.78, 5) is 1.59. The molecule has 0 aromatic heterocycles. The normalized spacial score (nSPS) is 47.2. The third-order valence-electron chi connectivity index (χ3n) is 8.26. The molecule has 3 heteroatoms. The van der Waals surface area contributed by atoms with E-state index in [0.29, 0.717) is 24.1 Å². The number of ether oxygens (including phenoxy) is 1. The average Bonchev–Trinajstić information content (AvgIpc) is 2.54. The van der Waals surface area contributed by atoms with Crippen LogP contribution in [0.5, 0.6) is 0 Å². The van der Waals surface area contributed by atoms with Crippen LogP contribution in [0.4, 0.5) is 0 Å². The van der Waals surface area contributed by atoms with Gasteiger partial charge in [-0.1, -0.05) is 0 Å². The van der Waals surface area contributed by atoms with Gasteiger partial charge in [0.25, 0.3) is 0 Å². The molecule has 25 heavy (non-hydrogen) atoms. The summed E-state index contributed by atoms with van der Waals surface area (Å²) in [6.45, 7) is 6.94. The average molecular weight is 351 g/mol. The molecule has 4 aliphatic carbocycles. The Bertz CT molecular complexity index is 406. The van der Waals surface area contributed by atoms with Gasteiger partial charge in [0.2, 0.25) is 0 Å². The first kappa shape index (κ1) is 18.3. The Balaban J connectivity index is 1.18. The van der Waals surface area contributed by atoms with Gasteiger partial charge in [-0.3, -0.25) is 0 Å². The van der Waals surface area contributed by atoms with Crippen LogP contribution in [-0.4, -0.2) is 43.1 Å². The molecule has 1 aliphatic heterocycles. The highest BCUT2D eigenvalue weighted by atomic mass is 16.5. The van der Waals surface area contributed by atoms with E-state index in [9.17, 15) is 5.11 Å². The van der Waals surface area contributed by atoms with E-state index in [1.54, 1.807) is 4.90 Å². The highest BCUT2D eigenvalue weighted by Crippen LogP contribution is 2.61. The van der Waals surface area contributed by atoms with E-state index in [1.165, 1.54) is 64.2 Å². The van der Waals surface area contributed by atoms with Gasteiger partial charge in [0.15, 0.2) is 0 Å². The minimum absolute atomic E-state index is 0.297. The summed E-state index contributed by atoms with van der Waals surface area (Å²) in [7, 11) is 0. The first-order valence-electron chi connectivity index (χ1n) is 11.1. The van der Waals surface area contributed by atoms with Gasteiger partial charge in [0, 0.05) is 6.61 Å². The van der Waals surface area contributed by atoms with Crippen molar-refractivity contribution in [2.24, 2.45) is 23.2 Å². The summed E-state index contributed by atoms with van der Waals surface area (Å²) in [5.41, 5.74) is 0.612. The Labute approximate surface area is 154 Å². The van der Waals surface area contributed by atoms with Gasteiger partial charge < -0.3 is 14.7 Å². The van der Waals surface area contributed by atoms with E-state index < -0.39 is 0 Å². The van der Waals surface area contributed by atoms with E-state index >= 15 is 0 Å². The molecular weight excluding hydrogens is 310 g/mol. The lowest BCUT2D eigenvalue weighted by Gasteiger charge is -2.57. The molecular formula is C22H40NO2+. The van der Waals surface area contributed by atoms with Crippen molar-refractivity contribution in [3.05, 3.63) is 0 Å². The third-order valence-corrected chi connectivity index (χ3v) is 8.26. The molecule has 5 rings (SSSR count). The third kappa shape index (κ3) is 4.09. The van der Waals surface area contributed by atoms with Crippen molar-refractivity contribution in [2.45, 2.75) is 96.2 Å². The van der Waals surface area contributed by atoms with E-state index in [1.807, 2.05) is 0 Å². The maximum absolute atomic E-state index is 10.5. The van der Waals surface area contributed by atoms with Gasteiger partial charge in [0.05, 0.1) is 18.7 Å². The molecule has 5 fully saturated rings. The zero-order valence-corrected chi connectivity index (χ0v) is 16.5. The predicted octanol–water partition coefficient (Wildman–Crippen LogP) is 2.82. The summed E-state index contributed by atoms with van der Waals surface area (Å²) in [6.07, 6.45) is 13.9. The molecule has 0 spiro atoms. The van der Waals surface area contributed by atoms with Gasteiger partial charge in [0.1, 0.15) is 12.6 Å². The minimum atomic E-state index is -0.297. The largest absolute Gasteiger partial charge is 0.385 e. The molecule has 0 aromatic carbocycles. The standard InChI is InChI=1S/C22H39NO2/c1-16-4-3-5-17(2)23(16)14-21(24)15-25-7-6-22-11-18-8-19(12-22)10-20(9-18)13-22/h16-21,24H,3-15H2,1-2H3/p+1/t16-,17+,18?,19?,20?,21-,22?/m0/s1. The second-order valence-electron chi connectivity index (χ2n) is 10.4. The fraction of sp³-hybridized carbons (Fsp3) is 1.00. The van der Waals surface area contributed by atoms with E-state index in [0.717, 1.165) is 30.9 Å². The summed E-state index contributed by atoms with van der Waals surface area (Å²) < 4.78 is 5.98. The number of likely N-dealkylation sites (tertiary alicyclic amines) is 1. The number of aliphatic hydroxyl groups excluding tert-OH is 1. The molecule has 1 heterocycles. The van der Waals surface area contributed by atoms with Crippen LogP contribution in [-0.2, 0) is 4.74 Å². The molecule has 1 saturated heterocycles. The molecule has 4 saturated carbocycles. The lowest BCUT2D eigenvalue weighted by Crippen LogP contribution is -3.20. The Morgan fingerprint density at radius 2 is 1.56 bits per heavy atom. The smallest absolute Gasteiger partial charge is 0.126 e. The van der Waals surface area contributed by atoms with Crippen molar-refractivity contribution < 1.29 is 14.7 Å². The van der Waals surface area contributed by atoms with Crippen LogP contribution in [0.1, 0.15) is 78.1 Å². The van der Waals surface area contributed by atoms with Gasteiger partial charge in [-0.2, -0.15) is 0 Å². The number of hydrogen-bond acceptors (Lipinski definition) is 2. The molecule has 5 aliphatic rings. The number of nitrogens with one attached hydrogen (secondary N) is 1. The van der Waals surface area contributed by atoms with Crippen molar-refractivity contribution >= 4 is 0 Å². The quantitative estimate of drug-likeness (QED) is 0.692. The maximum atomic E-state index is 10.5. The first-order chi connectivity index (χ1) is 12.0. The molecule has 0 radical (unpaired) electrons. The molecule has 3 nitrogen and oxygen atoms in total. The monoisotopic (exact) mass is 350 g/mol. The zero-order valence-electron chi connectivity index (χ0n) is 16.5. The summed E-state index contributed by atoms with van der Waals surface area (Å²) in [6, 6.07) is 1.37. The van der Waals surface area contributed by atoms with Crippen molar-refractivity contribution in [3.8, 4) is 0 Å². The van der Waals surface area contributed by atoms with Gasteiger partial charge in [-0.25, -0.2) is 0 Å². The lowest BCUT2D eigenvalue weighted by atomic mass is 9.49. The van der Waals surface area contributed by atoms with Crippen molar-refractivity contribution in [2.75, 3.05) is 19.8 Å². The summed E-state index contributed by atoms with van der Waals surface area (Å²) in [5, 5.41) is 10.5. The fourth-order valence-corrected chi connectivity index (χ4v) is 7.42. The molecule has 0 aromatic rings. The maximum Gasteiger partial charge on any atom is 0.126 e. The number of piperidine rings is 1. The van der Waals surface area contributed by atoms with Crippen molar-refractivity contribution in [3.63, 3.8) is 0 Å². The van der Waals surface area contributed by atoms with Gasteiger partial charge in [-0.15, -0.1) is 0 Å². The number of quaternary nitrogens is 1. The second kappa shape index (κ2) is 7.48. The molecule has 144 valence electrons. The lowest BCUT2D eigenvalue weighted by molar-refractivity contribution is -0.954. The van der Waals surface area contributed by atoms with Gasteiger partial charge >= 0.3 is 0 Å². The molecule has 2 N–H and O–H groups in total. The van der Waals surface area contributed by atoms with Crippen molar-refractivity contribution in [1.82, 2.24) is 0 Å². The topological polar surface area (TPSA) is 33.9 Å². The van der Waals surface area contributed by atoms with Gasteiger partial charge in [-0.05, 0) is 101 Å². The number of aliphatic hydroxyl groups is 1. The molecule has 0 amide bonds. The van der Waals surface area contributed by atoms with Crippen LogP contribution in [0.2, 0.25) is 0 Å². The zero-order chi connectivity index (χ0) is 17.4. The predicted molar refractivity (Wildman–Crippen MR) is 101 cm³/mol. The Morgan fingerprint density at radius 1 is 1.00 bits per heavy atom. The van der Waals surface area contributed by atoms with Crippen LogP contribution < -0.4 is 4.90 Å². The van der Waals surface area contributed by atoms with E-state index in [-0.39, 0.29) is 6.10 Å². The molecule has 4 atom stereocenters. The summed E-state index contributed by atoms with van der Waals surface area (Å²) >= 11 is 0. The Kier molecular flexibility index (Phi) is 5.46. The van der Waals surface area contributed by atoms with E-state index in [4.69, 9.17) is 4.74 Å². The fourth-order valence-electron chi connectivity index (χ4n) is 7.42. The molecule has 1 unspecified atom stereocenters. The SMILES string of the molecule is C[C@@H]1CCC[C@H](C)[NH+]1C[C@H](O)COCCC12CC3CC(CC(C3)C1)C2. The van der Waals surface area contributed by atoms with Crippen molar-refractivity contribution in [1.29, 1.82) is 0 Å². The first-order valence-corrected chi connectivity index (χ1v) is 11.1. The van der Waals surface area contributed by atoms with Crippen LogP contribution >= 0.6 is 0 Å². The Hall–Kier alpha value is -0.120. The highest BCUT2D eigenvalue weighted by molar-refractivity contribution is 5.01. The Morgan fingerprint density at radius 3 is 2.12 bits per heavy atom. The van der Waals surface area contributed by atoms with Crippen LogP contribution in [0.15, 0.2) is 0 Å². The van der Waals surface area contributed by atoms with Crippen LogP contribution in [0, 0.1) is 23.2 Å². The summed E-state index contributed by atoms with van der Waals surface area (Å²) in [5.74, 6) is 3.09. The van der Waals surface area contributed by atoms with Crippen LogP contribution in [0.25, 0.3) is 0 Å². The number of rotatable bonds is 7. The highest BCUT2D eigenvalue weighted by Gasteiger charge is 2.50. The van der Waals surface area contributed by atoms with Crippen LogP contribution in [0.3, 0.4) is 0 Å². The molecule has 4 bridgehead atoms. The second-order valence-corrected chi connectivity index (χ2v) is 10.4. The minimum Gasteiger partial charge on any atom is -0.385 e.